The van der Waals surface area contributed by atoms with E-state index in [1.165, 1.54) is 11.3 Å². The van der Waals surface area contributed by atoms with E-state index in [2.05, 4.69) is 11.2 Å². The summed E-state index contributed by atoms with van der Waals surface area (Å²) in [5, 5.41) is 4.51. The summed E-state index contributed by atoms with van der Waals surface area (Å²) in [6.07, 6.45) is 5.14. The average Bonchev–Trinajstić information content (AvgIpc) is 2.69. The molecule has 0 bridgehead atoms. The number of nitrogens with one attached hydrogen (secondary N) is 1. The van der Waals surface area contributed by atoms with Gasteiger partial charge in [0.2, 0.25) is 5.91 Å². The Bertz CT molecular complexity index is 340. The lowest BCUT2D eigenvalue weighted by molar-refractivity contribution is -0.122. The Morgan fingerprint density at radius 3 is 3.00 bits per heavy atom. The van der Waals surface area contributed by atoms with Crippen molar-refractivity contribution in [1.82, 2.24) is 5.32 Å². The highest BCUT2D eigenvalue weighted by Crippen LogP contribution is 2.16. The van der Waals surface area contributed by atoms with Crippen LogP contribution in [0, 0.1) is 12.3 Å². The van der Waals surface area contributed by atoms with Crippen LogP contribution in [0.2, 0.25) is 0 Å². The van der Waals surface area contributed by atoms with E-state index in [0.29, 0.717) is 0 Å². The molecule has 3 nitrogen and oxygen atoms in total. The van der Waals surface area contributed by atoms with Crippen LogP contribution in [0.4, 0.5) is 0 Å². The Hall–Kier alpha value is -1.31. The molecule has 4 heteroatoms. The van der Waals surface area contributed by atoms with E-state index in [1.807, 2.05) is 17.5 Å². The fourth-order valence-electron chi connectivity index (χ4n) is 0.942. The van der Waals surface area contributed by atoms with Gasteiger partial charge in [-0.15, -0.1) is 17.8 Å². The van der Waals surface area contributed by atoms with Gasteiger partial charge in [0.15, 0.2) is 0 Å². The topological polar surface area (TPSA) is 55.1 Å². The SMILES string of the molecule is C#CC(C)NC(=O)C(N)c1cccs1. The Kier molecular flexibility index (Phi) is 3.69. The van der Waals surface area contributed by atoms with Crippen LogP contribution in [0.3, 0.4) is 0 Å². The Balaban J connectivity index is 2.59. The van der Waals surface area contributed by atoms with Crippen molar-refractivity contribution < 1.29 is 4.79 Å². The largest absolute Gasteiger partial charge is 0.341 e. The minimum Gasteiger partial charge on any atom is -0.341 e. The standard InChI is InChI=1S/C10H12N2OS/c1-3-7(2)12-10(13)9(11)8-5-4-6-14-8/h1,4-7,9H,11H2,2H3,(H,12,13). The van der Waals surface area contributed by atoms with Crippen molar-refractivity contribution in [2.75, 3.05) is 0 Å². The number of hydrogen-bond donors (Lipinski definition) is 2. The van der Waals surface area contributed by atoms with Gasteiger partial charge in [0.25, 0.3) is 0 Å². The van der Waals surface area contributed by atoms with E-state index >= 15 is 0 Å². The highest BCUT2D eigenvalue weighted by molar-refractivity contribution is 7.10. The van der Waals surface area contributed by atoms with Gasteiger partial charge in [-0.2, -0.15) is 0 Å². The number of nitrogens with two attached hydrogens (primary N) is 1. The van der Waals surface area contributed by atoms with Crippen LogP contribution in [-0.2, 0) is 4.79 Å². The molecule has 0 spiro atoms. The molecule has 0 saturated carbocycles. The number of thiophene rings is 1. The number of rotatable bonds is 3. The zero-order valence-electron chi connectivity index (χ0n) is 7.86. The van der Waals surface area contributed by atoms with E-state index < -0.39 is 6.04 Å². The molecule has 3 N–H and O–H groups in total. The summed E-state index contributed by atoms with van der Waals surface area (Å²) < 4.78 is 0. The van der Waals surface area contributed by atoms with Gasteiger partial charge in [-0.3, -0.25) is 4.79 Å². The molecule has 2 unspecified atom stereocenters. The molecule has 0 aliphatic rings. The molecule has 1 amide bonds. The van der Waals surface area contributed by atoms with Gasteiger partial charge in [-0.05, 0) is 18.4 Å². The van der Waals surface area contributed by atoms with Gasteiger partial charge in [0.1, 0.15) is 6.04 Å². The minimum absolute atomic E-state index is 0.238. The number of hydrogen-bond acceptors (Lipinski definition) is 3. The molecule has 2 atom stereocenters. The summed E-state index contributed by atoms with van der Waals surface area (Å²) in [7, 11) is 0. The predicted octanol–water partition coefficient (Wildman–Crippen LogP) is 0.886. The highest BCUT2D eigenvalue weighted by Gasteiger charge is 2.17. The van der Waals surface area contributed by atoms with Gasteiger partial charge < -0.3 is 11.1 Å². The molecule has 1 heterocycles. The minimum atomic E-state index is -0.620. The monoisotopic (exact) mass is 208 g/mol. The van der Waals surface area contributed by atoms with Crippen molar-refractivity contribution in [2.45, 2.75) is 19.0 Å². The van der Waals surface area contributed by atoms with Gasteiger partial charge in [-0.25, -0.2) is 0 Å². The molecule has 1 aromatic rings. The van der Waals surface area contributed by atoms with Crippen molar-refractivity contribution >= 4 is 17.2 Å². The molecule has 0 saturated heterocycles. The first kappa shape index (κ1) is 10.8. The lowest BCUT2D eigenvalue weighted by Gasteiger charge is -2.12. The van der Waals surface area contributed by atoms with Crippen LogP contribution in [-0.4, -0.2) is 11.9 Å². The molecule has 1 rings (SSSR count). The van der Waals surface area contributed by atoms with E-state index in [0.717, 1.165) is 4.88 Å². The van der Waals surface area contributed by atoms with Gasteiger partial charge in [0, 0.05) is 4.88 Å². The smallest absolute Gasteiger partial charge is 0.243 e. The summed E-state index contributed by atoms with van der Waals surface area (Å²) in [5.41, 5.74) is 5.72. The van der Waals surface area contributed by atoms with Gasteiger partial charge in [0.05, 0.1) is 6.04 Å². The zero-order valence-corrected chi connectivity index (χ0v) is 8.67. The predicted molar refractivity (Wildman–Crippen MR) is 57.7 cm³/mol. The molecule has 0 aliphatic heterocycles. The van der Waals surface area contributed by atoms with E-state index in [1.54, 1.807) is 6.92 Å². The van der Waals surface area contributed by atoms with Crippen molar-refractivity contribution in [1.29, 1.82) is 0 Å². The maximum Gasteiger partial charge on any atom is 0.243 e. The van der Waals surface area contributed by atoms with Crippen molar-refractivity contribution in [3.05, 3.63) is 22.4 Å². The van der Waals surface area contributed by atoms with E-state index in [-0.39, 0.29) is 11.9 Å². The summed E-state index contributed by atoms with van der Waals surface area (Å²) in [6, 6.07) is 2.78. The van der Waals surface area contributed by atoms with Crippen LogP contribution >= 0.6 is 11.3 Å². The normalized spacial score (nSPS) is 14.1. The summed E-state index contributed by atoms with van der Waals surface area (Å²) >= 11 is 1.46. The summed E-state index contributed by atoms with van der Waals surface area (Å²) in [5.74, 6) is 2.17. The molecule has 0 radical (unpaired) electrons. The quantitative estimate of drug-likeness (QED) is 0.725. The zero-order chi connectivity index (χ0) is 10.6. The number of amides is 1. The van der Waals surface area contributed by atoms with Crippen LogP contribution in [0.5, 0.6) is 0 Å². The second kappa shape index (κ2) is 4.80. The van der Waals surface area contributed by atoms with E-state index in [9.17, 15) is 4.79 Å². The summed E-state index contributed by atoms with van der Waals surface area (Å²) in [6.45, 7) is 1.74. The number of carbonyl (C=O) groups is 1. The third kappa shape index (κ3) is 2.59. The Morgan fingerprint density at radius 1 is 1.79 bits per heavy atom. The average molecular weight is 208 g/mol. The second-order valence-corrected chi connectivity index (χ2v) is 3.87. The Labute approximate surface area is 87.3 Å². The second-order valence-electron chi connectivity index (χ2n) is 2.89. The summed E-state index contributed by atoms with van der Waals surface area (Å²) in [4.78, 5) is 12.3. The van der Waals surface area contributed by atoms with Crippen molar-refractivity contribution in [3.8, 4) is 12.3 Å². The Morgan fingerprint density at radius 2 is 2.50 bits per heavy atom. The molecular weight excluding hydrogens is 196 g/mol. The molecule has 0 fully saturated rings. The van der Waals surface area contributed by atoms with Crippen LogP contribution in [0.1, 0.15) is 17.8 Å². The molecule has 0 aromatic carbocycles. The van der Waals surface area contributed by atoms with Gasteiger partial charge >= 0.3 is 0 Å². The molecule has 0 aliphatic carbocycles. The molecule has 1 aromatic heterocycles. The van der Waals surface area contributed by atoms with Crippen molar-refractivity contribution in [2.24, 2.45) is 5.73 Å². The van der Waals surface area contributed by atoms with Crippen molar-refractivity contribution in [3.63, 3.8) is 0 Å². The highest BCUT2D eigenvalue weighted by atomic mass is 32.1. The van der Waals surface area contributed by atoms with Crippen LogP contribution < -0.4 is 11.1 Å². The first-order chi connectivity index (χ1) is 6.65. The number of terminal acetylenes is 1. The van der Waals surface area contributed by atoms with Crippen LogP contribution in [0.15, 0.2) is 17.5 Å². The van der Waals surface area contributed by atoms with Gasteiger partial charge in [-0.1, -0.05) is 12.0 Å². The third-order valence-electron chi connectivity index (χ3n) is 1.74. The maximum absolute atomic E-state index is 11.5. The molecule has 14 heavy (non-hydrogen) atoms. The fraction of sp³-hybridized carbons (Fsp3) is 0.300. The first-order valence-corrected chi connectivity index (χ1v) is 5.08. The molecular formula is C10H12N2OS. The molecule has 74 valence electrons. The van der Waals surface area contributed by atoms with E-state index in [4.69, 9.17) is 12.2 Å². The third-order valence-corrected chi connectivity index (χ3v) is 2.70. The van der Waals surface area contributed by atoms with Crippen LogP contribution in [0.25, 0.3) is 0 Å². The maximum atomic E-state index is 11.5. The lowest BCUT2D eigenvalue weighted by Crippen LogP contribution is -2.38. The lowest BCUT2D eigenvalue weighted by atomic mass is 10.2. The first-order valence-electron chi connectivity index (χ1n) is 4.20. The fourth-order valence-corrected chi connectivity index (χ4v) is 1.67. The number of carbonyl (C=O) groups excluding carboxylic acids is 1.